The Bertz CT molecular complexity index is 447. The maximum absolute atomic E-state index is 12.7. The van der Waals surface area contributed by atoms with Gasteiger partial charge < -0.3 is 11.1 Å². The normalized spacial score (nSPS) is 13.7. The molecule has 1 aromatic carbocycles. The fourth-order valence-electron chi connectivity index (χ4n) is 1.46. The van der Waals surface area contributed by atoms with Gasteiger partial charge in [-0.05, 0) is 31.0 Å². The monoisotopic (exact) mass is 268 g/mol. The maximum Gasteiger partial charge on any atom is 0.225 e. The zero-order valence-corrected chi connectivity index (χ0v) is 11.3. The average Bonchev–Trinajstić information content (AvgIpc) is 2.31. The molecule has 3 N–H and O–H groups in total. The summed E-state index contributed by atoms with van der Waals surface area (Å²) in [6, 6.07) is 5.82. The van der Waals surface area contributed by atoms with Crippen LogP contribution < -0.4 is 11.1 Å². The topological polar surface area (TPSA) is 55.1 Å². The molecule has 0 aliphatic heterocycles. The van der Waals surface area contributed by atoms with Crippen LogP contribution in [0.25, 0.3) is 0 Å². The number of halogens is 1. The van der Waals surface area contributed by atoms with Gasteiger partial charge in [-0.2, -0.15) is 0 Å². The van der Waals surface area contributed by atoms with E-state index >= 15 is 0 Å². The highest BCUT2D eigenvalue weighted by atomic mass is 32.1. The van der Waals surface area contributed by atoms with Crippen molar-refractivity contribution in [3.8, 4) is 0 Å². The van der Waals surface area contributed by atoms with Crippen LogP contribution in [0.2, 0.25) is 0 Å². The van der Waals surface area contributed by atoms with Crippen LogP contribution in [0.5, 0.6) is 0 Å². The van der Waals surface area contributed by atoms with Crippen molar-refractivity contribution in [2.75, 3.05) is 0 Å². The summed E-state index contributed by atoms with van der Waals surface area (Å²) in [5, 5.41) is 2.81. The smallest absolute Gasteiger partial charge is 0.225 e. The molecule has 1 rings (SSSR count). The minimum Gasteiger partial charge on any atom is -0.391 e. The van der Waals surface area contributed by atoms with Crippen molar-refractivity contribution in [3.63, 3.8) is 0 Å². The molecule has 0 radical (unpaired) electrons. The molecule has 98 valence electrons. The van der Waals surface area contributed by atoms with Crippen LogP contribution in [0.3, 0.4) is 0 Å². The first-order valence-corrected chi connectivity index (χ1v) is 6.13. The Morgan fingerprint density at radius 3 is 2.44 bits per heavy atom. The average molecular weight is 268 g/mol. The van der Waals surface area contributed by atoms with Gasteiger partial charge in [0.2, 0.25) is 5.91 Å². The number of nitrogens with two attached hydrogens (primary N) is 1. The summed E-state index contributed by atoms with van der Waals surface area (Å²) >= 11 is 4.94. The predicted octanol–water partition coefficient (Wildman–Crippen LogP) is 1.94. The molecule has 1 amide bonds. The van der Waals surface area contributed by atoms with Crippen molar-refractivity contribution < 1.29 is 9.18 Å². The van der Waals surface area contributed by atoms with Crippen LogP contribution in [0.4, 0.5) is 4.39 Å². The molecule has 0 aliphatic carbocycles. The number of nitrogens with one attached hydrogen (secondary N) is 1. The number of carbonyl (C=O) groups is 1. The first-order chi connectivity index (χ1) is 8.37. The van der Waals surface area contributed by atoms with Crippen LogP contribution in [-0.4, -0.2) is 16.4 Å². The summed E-state index contributed by atoms with van der Waals surface area (Å²) < 4.78 is 12.7. The largest absolute Gasteiger partial charge is 0.391 e. The summed E-state index contributed by atoms with van der Waals surface area (Å²) in [7, 11) is 0. The van der Waals surface area contributed by atoms with Crippen LogP contribution in [0.15, 0.2) is 24.3 Å². The molecule has 1 aromatic rings. The van der Waals surface area contributed by atoms with E-state index in [9.17, 15) is 9.18 Å². The Kier molecular flexibility index (Phi) is 4.78. The first kappa shape index (κ1) is 14.6. The van der Waals surface area contributed by atoms with E-state index in [4.69, 9.17) is 18.0 Å². The van der Waals surface area contributed by atoms with Gasteiger partial charge in [0.25, 0.3) is 0 Å². The fourth-order valence-corrected chi connectivity index (χ4v) is 1.66. The standard InChI is InChI=1S/C13H17FN2OS/c1-3-13(2,12(15)18)16-11(17)8-9-4-6-10(14)7-5-9/h4-7H,3,8H2,1-2H3,(H2,15,18)(H,16,17). The van der Waals surface area contributed by atoms with Gasteiger partial charge in [0.1, 0.15) is 5.82 Å². The molecule has 1 atom stereocenters. The van der Waals surface area contributed by atoms with Crippen LogP contribution in [-0.2, 0) is 11.2 Å². The molecule has 0 spiro atoms. The molecule has 0 bridgehead atoms. The lowest BCUT2D eigenvalue weighted by atomic mass is 9.98. The second-order valence-electron chi connectivity index (χ2n) is 4.40. The van der Waals surface area contributed by atoms with Gasteiger partial charge in [-0.15, -0.1) is 0 Å². The molecule has 0 heterocycles. The van der Waals surface area contributed by atoms with E-state index < -0.39 is 5.54 Å². The lowest BCUT2D eigenvalue weighted by molar-refractivity contribution is -0.121. The highest BCUT2D eigenvalue weighted by Crippen LogP contribution is 2.10. The molecule has 3 nitrogen and oxygen atoms in total. The lowest BCUT2D eigenvalue weighted by Gasteiger charge is -2.28. The van der Waals surface area contributed by atoms with E-state index in [1.54, 1.807) is 19.1 Å². The zero-order valence-electron chi connectivity index (χ0n) is 10.5. The summed E-state index contributed by atoms with van der Waals surface area (Å²) in [6.45, 7) is 3.69. The second kappa shape index (κ2) is 5.91. The molecular weight excluding hydrogens is 251 g/mol. The maximum atomic E-state index is 12.7. The van der Waals surface area contributed by atoms with E-state index in [1.807, 2.05) is 6.92 Å². The second-order valence-corrected chi connectivity index (χ2v) is 4.84. The predicted molar refractivity (Wildman–Crippen MR) is 73.7 cm³/mol. The Labute approximate surface area is 112 Å². The van der Waals surface area contributed by atoms with Crippen molar-refractivity contribution in [1.82, 2.24) is 5.32 Å². The van der Waals surface area contributed by atoms with E-state index in [0.29, 0.717) is 6.42 Å². The summed E-state index contributed by atoms with van der Waals surface area (Å²) in [5.41, 5.74) is 5.68. The third-order valence-corrected chi connectivity index (χ3v) is 3.39. The van der Waals surface area contributed by atoms with Gasteiger partial charge in [-0.25, -0.2) is 4.39 Å². The molecular formula is C13H17FN2OS. The summed E-state index contributed by atoms with van der Waals surface area (Å²) in [6.07, 6.45) is 0.802. The molecule has 1 unspecified atom stereocenters. The number of benzene rings is 1. The Hall–Kier alpha value is -1.49. The molecule has 0 aromatic heterocycles. The van der Waals surface area contributed by atoms with Crippen LogP contribution >= 0.6 is 12.2 Å². The number of carbonyl (C=O) groups excluding carboxylic acids is 1. The van der Waals surface area contributed by atoms with Gasteiger partial charge in [0.15, 0.2) is 0 Å². The fraction of sp³-hybridized carbons (Fsp3) is 0.385. The van der Waals surface area contributed by atoms with Crippen LogP contribution in [0.1, 0.15) is 25.8 Å². The molecule has 5 heteroatoms. The van der Waals surface area contributed by atoms with Crippen molar-refractivity contribution in [2.24, 2.45) is 5.73 Å². The molecule has 0 saturated carbocycles. The SMILES string of the molecule is CCC(C)(NC(=O)Cc1ccc(F)cc1)C(N)=S. The molecule has 0 aliphatic rings. The van der Waals surface area contributed by atoms with Crippen molar-refractivity contribution in [3.05, 3.63) is 35.6 Å². The number of thiocarbonyl (C=S) groups is 1. The molecule has 0 fully saturated rings. The number of hydrogen-bond donors (Lipinski definition) is 2. The summed E-state index contributed by atoms with van der Waals surface area (Å²) in [4.78, 5) is 12.1. The van der Waals surface area contributed by atoms with E-state index in [2.05, 4.69) is 5.32 Å². The number of hydrogen-bond acceptors (Lipinski definition) is 2. The van der Waals surface area contributed by atoms with Gasteiger partial charge in [0.05, 0.1) is 16.9 Å². The lowest BCUT2D eigenvalue weighted by Crippen LogP contribution is -2.54. The Morgan fingerprint density at radius 2 is 2.00 bits per heavy atom. The Balaban J connectivity index is 2.66. The summed E-state index contributed by atoms with van der Waals surface area (Å²) in [5.74, 6) is -0.501. The van der Waals surface area contributed by atoms with E-state index in [1.165, 1.54) is 12.1 Å². The zero-order chi connectivity index (χ0) is 13.8. The van der Waals surface area contributed by atoms with Gasteiger partial charge >= 0.3 is 0 Å². The van der Waals surface area contributed by atoms with Crippen LogP contribution in [0, 0.1) is 5.82 Å². The minimum atomic E-state index is -0.674. The van der Waals surface area contributed by atoms with Gasteiger partial charge in [-0.3, -0.25) is 4.79 Å². The minimum absolute atomic E-state index is 0.179. The number of amides is 1. The first-order valence-electron chi connectivity index (χ1n) is 5.73. The van der Waals surface area contributed by atoms with Crippen molar-refractivity contribution in [1.29, 1.82) is 0 Å². The van der Waals surface area contributed by atoms with E-state index in [-0.39, 0.29) is 23.1 Å². The van der Waals surface area contributed by atoms with Crippen molar-refractivity contribution >= 4 is 23.1 Å². The highest BCUT2D eigenvalue weighted by Gasteiger charge is 2.27. The number of rotatable bonds is 5. The third-order valence-electron chi connectivity index (χ3n) is 2.94. The Morgan fingerprint density at radius 1 is 1.44 bits per heavy atom. The molecule has 0 saturated heterocycles. The quantitative estimate of drug-likeness (QED) is 0.802. The van der Waals surface area contributed by atoms with Gasteiger partial charge in [-0.1, -0.05) is 31.3 Å². The van der Waals surface area contributed by atoms with Gasteiger partial charge in [0, 0.05) is 0 Å². The van der Waals surface area contributed by atoms with Crippen molar-refractivity contribution in [2.45, 2.75) is 32.2 Å². The third kappa shape index (κ3) is 3.77. The van der Waals surface area contributed by atoms with E-state index in [0.717, 1.165) is 5.56 Å². The molecule has 18 heavy (non-hydrogen) atoms. The highest BCUT2D eigenvalue weighted by molar-refractivity contribution is 7.80.